The maximum atomic E-state index is 5.53. The molecule has 0 amide bonds. The first-order valence-corrected chi connectivity index (χ1v) is 4.97. The predicted molar refractivity (Wildman–Crippen MR) is 56.1 cm³/mol. The highest BCUT2D eigenvalue weighted by molar-refractivity contribution is 5.45. The van der Waals surface area contributed by atoms with Gasteiger partial charge in [0, 0.05) is 0 Å². The summed E-state index contributed by atoms with van der Waals surface area (Å²) < 4.78 is 11.0. The summed E-state index contributed by atoms with van der Waals surface area (Å²) in [5, 5.41) is 0. The molecule has 0 fully saturated rings. The molecule has 0 atom stereocenters. The number of hydrogen-bond donors (Lipinski definition) is 0. The molecule has 0 aromatic heterocycles. The second-order valence-electron chi connectivity index (χ2n) is 4.61. The molecular formula is C12H16O2. The molecule has 2 nitrogen and oxygen atoms in total. The SMILES string of the molecule is CC(C)(C)c1ccc2c(c1)OCCO2. The van der Waals surface area contributed by atoms with Gasteiger partial charge < -0.3 is 9.47 Å². The second-order valence-corrected chi connectivity index (χ2v) is 4.61. The lowest BCUT2D eigenvalue weighted by Gasteiger charge is -2.23. The molecule has 1 aromatic carbocycles. The smallest absolute Gasteiger partial charge is 0.161 e. The molecule has 0 spiro atoms. The van der Waals surface area contributed by atoms with Gasteiger partial charge in [-0.15, -0.1) is 0 Å². The Kier molecular flexibility index (Phi) is 2.14. The van der Waals surface area contributed by atoms with E-state index in [4.69, 9.17) is 9.47 Å². The summed E-state index contributed by atoms with van der Waals surface area (Å²) in [6.45, 7) is 7.89. The van der Waals surface area contributed by atoms with Crippen LogP contribution in [0.3, 0.4) is 0 Å². The van der Waals surface area contributed by atoms with E-state index in [1.807, 2.05) is 6.07 Å². The standard InChI is InChI=1S/C12H16O2/c1-12(2,3)9-4-5-10-11(8-9)14-7-6-13-10/h4-5,8H,6-7H2,1-3H3. The maximum Gasteiger partial charge on any atom is 0.161 e. The van der Waals surface area contributed by atoms with E-state index in [0.717, 1.165) is 11.5 Å². The Morgan fingerprint density at radius 1 is 1.00 bits per heavy atom. The van der Waals surface area contributed by atoms with Gasteiger partial charge in [-0.25, -0.2) is 0 Å². The molecule has 14 heavy (non-hydrogen) atoms. The minimum Gasteiger partial charge on any atom is -0.486 e. The molecule has 2 rings (SSSR count). The molecule has 0 saturated carbocycles. The fourth-order valence-electron chi connectivity index (χ4n) is 1.51. The molecule has 0 bridgehead atoms. The lowest BCUT2D eigenvalue weighted by atomic mass is 9.87. The van der Waals surface area contributed by atoms with E-state index in [2.05, 4.69) is 32.9 Å². The van der Waals surface area contributed by atoms with E-state index in [-0.39, 0.29) is 5.41 Å². The fraction of sp³-hybridized carbons (Fsp3) is 0.500. The first kappa shape index (κ1) is 9.38. The van der Waals surface area contributed by atoms with E-state index in [0.29, 0.717) is 13.2 Å². The van der Waals surface area contributed by atoms with Crippen molar-refractivity contribution in [1.29, 1.82) is 0 Å². The van der Waals surface area contributed by atoms with Gasteiger partial charge in [0.05, 0.1) is 0 Å². The Morgan fingerprint density at radius 2 is 1.64 bits per heavy atom. The third-order valence-electron chi connectivity index (χ3n) is 2.41. The lowest BCUT2D eigenvalue weighted by molar-refractivity contribution is 0.171. The van der Waals surface area contributed by atoms with Crippen molar-refractivity contribution >= 4 is 0 Å². The number of hydrogen-bond acceptors (Lipinski definition) is 2. The van der Waals surface area contributed by atoms with Gasteiger partial charge >= 0.3 is 0 Å². The second kappa shape index (κ2) is 3.19. The van der Waals surface area contributed by atoms with Crippen molar-refractivity contribution in [3.8, 4) is 11.5 Å². The largest absolute Gasteiger partial charge is 0.486 e. The van der Waals surface area contributed by atoms with Crippen LogP contribution in [0.2, 0.25) is 0 Å². The van der Waals surface area contributed by atoms with E-state index in [1.165, 1.54) is 5.56 Å². The van der Waals surface area contributed by atoms with Gasteiger partial charge in [-0.05, 0) is 23.1 Å². The van der Waals surface area contributed by atoms with Gasteiger partial charge in [0.2, 0.25) is 0 Å². The molecule has 1 heterocycles. The molecule has 1 aromatic rings. The first-order valence-electron chi connectivity index (χ1n) is 4.97. The van der Waals surface area contributed by atoms with Crippen LogP contribution in [-0.4, -0.2) is 13.2 Å². The van der Waals surface area contributed by atoms with Crippen LogP contribution in [0, 0.1) is 0 Å². The van der Waals surface area contributed by atoms with Crippen molar-refractivity contribution in [1.82, 2.24) is 0 Å². The van der Waals surface area contributed by atoms with Gasteiger partial charge in [0.25, 0.3) is 0 Å². The summed E-state index contributed by atoms with van der Waals surface area (Å²) >= 11 is 0. The van der Waals surface area contributed by atoms with Crippen LogP contribution in [0.4, 0.5) is 0 Å². The van der Waals surface area contributed by atoms with E-state index < -0.39 is 0 Å². The summed E-state index contributed by atoms with van der Waals surface area (Å²) in [7, 11) is 0. The summed E-state index contributed by atoms with van der Waals surface area (Å²) in [5.74, 6) is 1.74. The molecule has 76 valence electrons. The fourth-order valence-corrected chi connectivity index (χ4v) is 1.51. The van der Waals surface area contributed by atoms with Gasteiger partial charge in [-0.2, -0.15) is 0 Å². The molecular weight excluding hydrogens is 176 g/mol. The Bertz CT molecular complexity index is 337. The highest BCUT2D eigenvalue weighted by atomic mass is 16.6. The number of rotatable bonds is 0. The van der Waals surface area contributed by atoms with Crippen molar-refractivity contribution in [3.63, 3.8) is 0 Å². The maximum absolute atomic E-state index is 5.53. The van der Waals surface area contributed by atoms with Gasteiger partial charge in [-0.1, -0.05) is 26.8 Å². The van der Waals surface area contributed by atoms with Crippen LogP contribution in [-0.2, 0) is 5.41 Å². The molecule has 2 heteroatoms. The van der Waals surface area contributed by atoms with Crippen molar-refractivity contribution in [2.24, 2.45) is 0 Å². The summed E-state index contributed by atoms with van der Waals surface area (Å²) in [6.07, 6.45) is 0. The van der Waals surface area contributed by atoms with Crippen molar-refractivity contribution in [2.75, 3.05) is 13.2 Å². The van der Waals surface area contributed by atoms with Crippen molar-refractivity contribution in [2.45, 2.75) is 26.2 Å². The third-order valence-corrected chi connectivity index (χ3v) is 2.41. The Balaban J connectivity index is 2.39. The molecule has 0 aliphatic carbocycles. The molecule has 0 unspecified atom stereocenters. The quantitative estimate of drug-likeness (QED) is 0.629. The van der Waals surface area contributed by atoms with Crippen LogP contribution < -0.4 is 9.47 Å². The minimum atomic E-state index is 0.163. The normalized spacial score (nSPS) is 15.4. The van der Waals surface area contributed by atoms with Gasteiger partial charge in [0.15, 0.2) is 11.5 Å². The number of fused-ring (bicyclic) bond motifs is 1. The molecule has 1 aliphatic heterocycles. The van der Waals surface area contributed by atoms with Gasteiger partial charge in [0.1, 0.15) is 13.2 Å². The zero-order valence-electron chi connectivity index (χ0n) is 8.96. The average molecular weight is 192 g/mol. The Hall–Kier alpha value is -1.18. The monoisotopic (exact) mass is 192 g/mol. The van der Waals surface area contributed by atoms with Gasteiger partial charge in [-0.3, -0.25) is 0 Å². The van der Waals surface area contributed by atoms with Crippen LogP contribution in [0.15, 0.2) is 18.2 Å². The van der Waals surface area contributed by atoms with Crippen LogP contribution in [0.1, 0.15) is 26.3 Å². The predicted octanol–water partition coefficient (Wildman–Crippen LogP) is 2.76. The highest BCUT2D eigenvalue weighted by Crippen LogP contribution is 2.34. The van der Waals surface area contributed by atoms with Crippen molar-refractivity contribution in [3.05, 3.63) is 23.8 Å². The lowest BCUT2D eigenvalue weighted by Crippen LogP contribution is -2.17. The van der Waals surface area contributed by atoms with Crippen LogP contribution >= 0.6 is 0 Å². The van der Waals surface area contributed by atoms with E-state index in [9.17, 15) is 0 Å². The number of benzene rings is 1. The van der Waals surface area contributed by atoms with Crippen LogP contribution in [0.25, 0.3) is 0 Å². The number of ether oxygens (including phenoxy) is 2. The summed E-state index contributed by atoms with van der Waals surface area (Å²) in [5.41, 5.74) is 1.44. The minimum absolute atomic E-state index is 0.163. The zero-order valence-corrected chi connectivity index (χ0v) is 8.96. The van der Waals surface area contributed by atoms with Crippen LogP contribution in [0.5, 0.6) is 11.5 Å². The molecule has 0 radical (unpaired) electrons. The topological polar surface area (TPSA) is 18.5 Å². The molecule has 0 N–H and O–H groups in total. The molecule has 0 saturated heterocycles. The zero-order chi connectivity index (χ0) is 10.2. The summed E-state index contributed by atoms with van der Waals surface area (Å²) in [6, 6.07) is 6.18. The van der Waals surface area contributed by atoms with E-state index >= 15 is 0 Å². The van der Waals surface area contributed by atoms with E-state index in [1.54, 1.807) is 0 Å². The third kappa shape index (κ3) is 1.69. The first-order chi connectivity index (χ1) is 6.57. The van der Waals surface area contributed by atoms with Crippen molar-refractivity contribution < 1.29 is 9.47 Å². The highest BCUT2D eigenvalue weighted by Gasteiger charge is 2.18. The average Bonchev–Trinajstić information content (AvgIpc) is 2.16. The Morgan fingerprint density at radius 3 is 2.29 bits per heavy atom. The Labute approximate surface area is 84.8 Å². The molecule has 1 aliphatic rings. The summed E-state index contributed by atoms with van der Waals surface area (Å²) in [4.78, 5) is 0.